The van der Waals surface area contributed by atoms with Crippen LogP contribution in [0.15, 0.2) is 48.1 Å². The Labute approximate surface area is 158 Å². The molecule has 0 fully saturated rings. The summed E-state index contributed by atoms with van der Waals surface area (Å²) >= 11 is 0. The van der Waals surface area contributed by atoms with E-state index in [0.29, 0.717) is 24.1 Å². The highest BCUT2D eigenvalue weighted by atomic mass is 19.1. The van der Waals surface area contributed by atoms with E-state index in [-0.39, 0.29) is 23.6 Å². The van der Waals surface area contributed by atoms with Gasteiger partial charge in [0.15, 0.2) is 0 Å². The number of carbonyl (C=O) groups is 2. The second-order valence-electron chi connectivity index (χ2n) is 7.03. The molecule has 4 nitrogen and oxygen atoms in total. The van der Waals surface area contributed by atoms with Crippen LogP contribution >= 0.6 is 0 Å². The van der Waals surface area contributed by atoms with E-state index in [4.69, 9.17) is 0 Å². The van der Waals surface area contributed by atoms with Crippen molar-refractivity contribution >= 4 is 23.2 Å². The summed E-state index contributed by atoms with van der Waals surface area (Å²) in [6, 6.07) is 2.71. The maximum Gasteiger partial charge on any atom is 0.256 e. The van der Waals surface area contributed by atoms with Crippen LogP contribution in [0.2, 0.25) is 0 Å². The first-order valence-electron chi connectivity index (χ1n) is 8.75. The molecule has 1 aromatic carbocycles. The summed E-state index contributed by atoms with van der Waals surface area (Å²) in [4.78, 5) is 24.2. The van der Waals surface area contributed by atoms with E-state index in [2.05, 4.69) is 17.2 Å². The van der Waals surface area contributed by atoms with Crippen LogP contribution in [0.3, 0.4) is 0 Å². The molecule has 0 spiro atoms. The molecule has 0 unspecified atom stereocenters. The van der Waals surface area contributed by atoms with Gasteiger partial charge in [-0.2, -0.15) is 0 Å². The van der Waals surface area contributed by atoms with Gasteiger partial charge < -0.3 is 10.6 Å². The second kappa shape index (κ2) is 8.29. The molecule has 0 aromatic heterocycles. The third kappa shape index (κ3) is 5.36. The number of aryl methyl sites for hydroxylation is 1. The van der Waals surface area contributed by atoms with E-state index in [9.17, 15) is 18.4 Å². The third-order valence-corrected chi connectivity index (χ3v) is 4.12. The molecular formula is C21H24F2N2O2. The van der Waals surface area contributed by atoms with Crippen LogP contribution in [0.5, 0.6) is 0 Å². The molecule has 0 aliphatic carbocycles. The summed E-state index contributed by atoms with van der Waals surface area (Å²) in [7, 11) is 0. The lowest BCUT2D eigenvalue weighted by atomic mass is 9.95. The summed E-state index contributed by atoms with van der Waals surface area (Å²) in [5.41, 5.74) is 0.312. The first-order chi connectivity index (χ1) is 12.6. The van der Waals surface area contributed by atoms with Crippen LogP contribution in [-0.2, 0) is 16.0 Å². The monoisotopic (exact) mass is 374 g/mol. The summed E-state index contributed by atoms with van der Waals surface area (Å²) in [5.74, 6) is -1.37. The molecule has 0 saturated heterocycles. The van der Waals surface area contributed by atoms with Gasteiger partial charge in [0.25, 0.3) is 5.91 Å². The lowest BCUT2D eigenvalue weighted by molar-refractivity contribution is -0.116. The van der Waals surface area contributed by atoms with Gasteiger partial charge in [-0.3, -0.25) is 9.59 Å². The summed E-state index contributed by atoms with van der Waals surface area (Å²) < 4.78 is 28.5. The molecule has 6 heteroatoms. The number of benzene rings is 1. The quantitative estimate of drug-likeness (QED) is 0.553. The predicted octanol–water partition coefficient (Wildman–Crippen LogP) is 4.85. The summed E-state index contributed by atoms with van der Waals surface area (Å²) in [5, 5.41) is 5.16. The van der Waals surface area contributed by atoms with Crippen molar-refractivity contribution in [1.82, 2.24) is 0 Å². The molecule has 2 amide bonds. The number of anilines is 2. The first-order valence-corrected chi connectivity index (χ1v) is 8.75. The number of fused-ring (bicyclic) bond motifs is 1. The molecule has 1 aliphatic heterocycles. The summed E-state index contributed by atoms with van der Waals surface area (Å²) in [6.07, 6.45) is 5.42. The molecule has 1 aromatic rings. The van der Waals surface area contributed by atoms with Gasteiger partial charge in [0.2, 0.25) is 5.91 Å². The fourth-order valence-electron chi connectivity index (χ4n) is 2.91. The minimum Gasteiger partial charge on any atom is -0.326 e. The minimum absolute atomic E-state index is 0.00228. The molecule has 144 valence electrons. The molecule has 0 atom stereocenters. The van der Waals surface area contributed by atoms with Crippen LogP contribution in [0, 0.1) is 5.82 Å². The standard InChI is InChI=1S/C21H24F2N2O2/c1-5-7-15(13(6-2)12-21(3,4)23)20(27)25-18-10-14-8-9-19(26)24-17(14)11-16(18)22/h5-7,10-11H,2,8-9,12H2,1,3-4H3,(H,24,26)(H,25,27)/b7-5-,15-13-. The van der Waals surface area contributed by atoms with Crippen molar-refractivity contribution in [3.63, 3.8) is 0 Å². The fraction of sp³-hybridized carbons (Fsp3) is 0.333. The number of rotatable bonds is 6. The molecule has 0 radical (unpaired) electrons. The Morgan fingerprint density at radius 3 is 2.67 bits per heavy atom. The first kappa shape index (κ1) is 20.6. The topological polar surface area (TPSA) is 58.2 Å². The van der Waals surface area contributed by atoms with Crippen molar-refractivity contribution in [2.75, 3.05) is 10.6 Å². The largest absolute Gasteiger partial charge is 0.326 e. The second-order valence-corrected chi connectivity index (χ2v) is 7.03. The SMILES string of the molecule is C=C/C(CC(C)(C)F)=C(\C=C/C)C(=O)Nc1cc2c(cc1F)NC(=O)CC2. The van der Waals surface area contributed by atoms with Crippen molar-refractivity contribution in [1.29, 1.82) is 0 Å². The maximum atomic E-state index is 14.4. The zero-order valence-corrected chi connectivity index (χ0v) is 15.8. The molecule has 0 bridgehead atoms. The molecule has 2 N–H and O–H groups in total. The average Bonchev–Trinajstić information content (AvgIpc) is 2.57. The van der Waals surface area contributed by atoms with Gasteiger partial charge in [0.1, 0.15) is 11.5 Å². The van der Waals surface area contributed by atoms with Gasteiger partial charge in [-0.25, -0.2) is 8.78 Å². The molecule has 2 rings (SSSR count). The summed E-state index contributed by atoms with van der Waals surface area (Å²) in [6.45, 7) is 8.23. The Bertz CT molecular complexity index is 833. The average molecular weight is 374 g/mol. The lowest BCUT2D eigenvalue weighted by Gasteiger charge is -2.19. The highest BCUT2D eigenvalue weighted by molar-refractivity contribution is 6.07. The Hall–Kier alpha value is -2.76. The lowest BCUT2D eigenvalue weighted by Crippen LogP contribution is -2.21. The van der Waals surface area contributed by atoms with Gasteiger partial charge in [-0.1, -0.05) is 24.8 Å². The van der Waals surface area contributed by atoms with Crippen molar-refractivity contribution in [3.8, 4) is 0 Å². The van der Waals surface area contributed by atoms with Crippen molar-refractivity contribution in [2.45, 2.75) is 45.7 Å². The molecule has 1 aliphatic rings. The fourth-order valence-corrected chi connectivity index (χ4v) is 2.91. The van der Waals surface area contributed by atoms with Crippen LogP contribution < -0.4 is 10.6 Å². The number of hydrogen-bond acceptors (Lipinski definition) is 2. The molecule has 27 heavy (non-hydrogen) atoms. The number of alkyl halides is 1. The number of hydrogen-bond donors (Lipinski definition) is 2. The van der Waals surface area contributed by atoms with E-state index < -0.39 is 17.4 Å². The van der Waals surface area contributed by atoms with Gasteiger partial charge >= 0.3 is 0 Å². The Morgan fingerprint density at radius 2 is 2.07 bits per heavy atom. The van der Waals surface area contributed by atoms with Gasteiger partial charge in [-0.15, -0.1) is 0 Å². The Kier molecular flexibility index (Phi) is 6.31. The number of allylic oxidation sites excluding steroid dienone is 3. The predicted molar refractivity (Wildman–Crippen MR) is 104 cm³/mol. The molecule has 1 heterocycles. The smallest absolute Gasteiger partial charge is 0.256 e. The third-order valence-electron chi connectivity index (χ3n) is 4.12. The van der Waals surface area contributed by atoms with Crippen molar-refractivity contribution < 1.29 is 18.4 Å². The van der Waals surface area contributed by atoms with Crippen LogP contribution in [0.1, 0.15) is 39.2 Å². The number of nitrogens with one attached hydrogen (secondary N) is 2. The normalized spacial score (nSPS) is 15.1. The van der Waals surface area contributed by atoms with Crippen molar-refractivity contribution in [2.24, 2.45) is 0 Å². The van der Waals surface area contributed by atoms with Gasteiger partial charge in [-0.05, 0) is 50.5 Å². The van der Waals surface area contributed by atoms with Crippen molar-refractivity contribution in [3.05, 3.63) is 59.5 Å². The highest BCUT2D eigenvalue weighted by Gasteiger charge is 2.22. The number of carbonyl (C=O) groups excluding carboxylic acids is 2. The number of halogens is 2. The van der Waals surface area contributed by atoms with Crippen LogP contribution in [0.25, 0.3) is 0 Å². The maximum absolute atomic E-state index is 14.4. The zero-order chi connectivity index (χ0) is 20.2. The molecule has 0 saturated carbocycles. The Morgan fingerprint density at radius 1 is 1.37 bits per heavy atom. The minimum atomic E-state index is -1.52. The van der Waals surface area contributed by atoms with Crippen LogP contribution in [-0.4, -0.2) is 17.5 Å². The molecular weight excluding hydrogens is 350 g/mol. The zero-order valence-electron chi connectivity index (χ0n) is 15.8. The van der Waals surface area contributed by atoms with E-state index >= 15 is 0 Å². The number of amides is 2. The van der Waals surface area contributed by atoms with E-state index in [1.54, 1.807) is 19.1 Å². The van der Waals surface area contributed by atoms with Crippen LogP contribution in [0.4, 0.5) is 20.2 Å². The Balaban J connectivity index is 2.35. The highest BCUT2D eigenvalue weighted by Crippen LogP contribution is 2.29. The van der Waals surface area contributed by atoms with E-state index in [1.165, 1.54) is 32.1 Å². The van der Waals surface area contributed by atoms with Gasteiger partial charge in [0, 0.05) is 24.1 Å². The van der Waals surface area contributed by atoms with E-state index in [0.717, 1.165) is 5.56 Å². The van der Waals surface area contributed by atoms with E-state index in [1.807, 2.05) is 0 Å². The van der Waals surface area contributed by atoms with Gasteiger partial charge in [0.05, 0.1) is 5.69 Å².